The van der Waals surface area contributed by atoms with Gasteiger partial charge in [0.15, 0.2) is 0 Å². The molecule has 0 radical (unpaired) electrons. The molecule has 2 aliphatic heterocycles. The second-order valence-corrected chi connectivity index (χ2v) is 10.00. The number of carbonyl (C=O) groups is 1. The van der Waals surface area contributed by atoms with Gasteiger partial charge in [0.1, 0.15) is 5.82 Å². The molecule has 1 aromatic carbocycles. The Morgan fingerprint density at radius 2 is 1.86 bits per heavy atom. The Balaban J connectivity index is 1.61. The highest BCUT2D eigenvalue weighted by molar-refractivity contribution is 5.97. The Labute approximate surface area is 172 Å². The van der Waals surface area contributed by atoms with Gasteiger partial charge in [0, 0.05) is 35.6 Å². The average Bonchev–Trinajstić information content (AvgIpc) is 2.84. The highest BCUT2D eigenvalue weighted by Gasteiger charge is 2.38. The summed E-state index contributed by atoms with van der Waals surface area (Å²) < 4.78 is 1.81. The molecule has 2 N–H and O–H groups in total. The molecule has 3 heterocycles. The maximum atomic E-state index is 13.0. The molecular weight excluding hydrogens is 364 g/mol. The highest BCUT2D eigenvalue weighted by atomic mass is 16.1. The van der Waals surface area contributed by atoms with Gasteiger partial charge in [0.25, 0.3) is 11.5 Å². The fourth-order valence-electron chi connectivity index (χ4n) is 5.25. The van der Waals surface area contributed by atoms with Crippen LogP contribution < -0.4 is 16.2 Å². The summed E-state index contributed by atoms with van der Waals surface area (Å²) in [5.41, 5.74) is 1.15. The number of carbonyl (C=O) groups excluding carboxylic acids is 1. The molecule has 156 valence electrons. The second kappa shape index (κ2) is 7.24. The maximum absolute atomic E-state index is 13.0. The minimum Gasteiger partial charge on any atom is -0.349 e. The van der Waals surface area contributed by atoms with Crippen molar-refractivity contribution < 1.29 is 4.79 Å². The quantitative estimate of drug-likeness (QED) is 0.818. The van der Waals surface area contributed by atoms with Crippen molar-refractivity contribution in [2.45, 2.75) is 89.9 Å². The second-order valence-electron chi connectivity index (χ2n) is 10.00. The summed E-state index contributed by atoms with van der Waals surface area (Å²) in [6, 6.07) is 5.39. The summed E-state index contributed by atoms with van der Waals surface area (Å²) in [6.07, 6.45) is 5.77. The van der Waals surface area contributed by atoms with E-state index < -0.39 is 0 Å². The molecule has 0 spiro atoms. The van der Waals surface area contributed by atoms with Crippen molar-refractivity contribution in [3.8, 4) is 0 Å². The van der Waals surface area contributed by atoms with Gasteiger partial charge in [-0.05, 0) is 71.6 Å². The summed E-state index contributed by atoms with van der Waals surface area (Å²) in [5.74, 6) is 0.752. The monoisotopic (exact) mass is 396 g/mol. The van der Waals surface area contributed by atoms with Gasteiger partial charge in [-0.25, -0.2) is 4.98 Å². The van der Waals surface area contributed by atoms with Crippen LogP contribution in [0.25, 0.3) is 10.9 Å². The van der Waals surface area contributed by atoms with Crippen molar-refractivity contribution in [2.24, 2.45) is 0 Å². The van der Waals surface area contributed by atoms with Crippen molar-refractivity contribution in [3.05, 3.63) is 39.9 Å². The molecule has 6 heteroatoms. The van der Waals surface area contributed by atoms with Gasteiger partial charge >= 0.3 is 0 Å². The molecule has 29 heavy (non-hydrogen) atoms. The molecule has 1 amide bonds. The van der Waals surface area contributed by atoms with Crippen molar-refractivity contribution in [2.75, 3.05) is 0 Å². The van der Waals surface area contributed by atoms with Gasteiger partial charge in [-0.2, -0.15) is 0 Å². The van der Waals surface area contributed by atoms with E-state index in [1.165, 1.54) is 0 Å². The first kappa shape index (κ1) is 20.1. The first-order valence-electron chi connectivity index (χ1n) is 10.8. The molecule has 2 aliphatic rings. The molecular formula is C23H32N4O2. The zero-order valence-electron chi connectivity index (χ0n) is 18.0. The molecule has 6 nitrogen and oxygen atoms in total. The molecule has 0 atom stereocenters. The van der Waals surface area contributed by atoms with Gasteiger partial charge in [-0.3, -0.25) is 14.2 Å². The third-order valence-electron chi connectivity index (χ3n) is 6.10. The summed E-state index contributed by atoms with van der Waals surface area (Å²) >= 11 is 0. The fraction of sp³-hybridized carbons (Fsp3) is 0.609. The van der Waals surface area contributed by atoms with E-state index in [-0.39, 0.29) is 28.6 Å². The van der Waals surface area contributed by atoms with Gasteiger partial charge < -0.3 is 10.6 Å². The van der Waals surface area contributed by atoms with E-state index in [1.807, 2.05) is 4.57 Å². The zero-order valence-corrected chi connectivity index (χ0v) is 18.0. The van der Waals surface area contributed by atoms with Crippen LogP contribution in [0.4, 0.5) is 0 Å². The van der Waals surface area contributed by atoms with E-state index in [0.717, 1.165) is 50.9 Å². The number of hydrogen-bond acceptors (Lipinski definition) is 4. The van der Waals surface area contributed by atoms with Gasteiger partial charge in [-0.15, -0.1) is 0 Å². The third-order valence-corrected chi connectivity index (χ3v) is 6.10. The number of aromatic nitrogens is 2. The Hall–Kier alpha value is -2.21. The van der Waals surface area contributed by atoms with Crippen molar-refractivity contribution in [1.29, 1.82) is 0 Å². The van der Waals surface area contributed by atoms with E-state index in [9.17, 15) is 9.59 Å². The summed E-state index contributed by atoms with van der Waals surface area (Å²) in [7, 11) is 0. The van der Waals surface area contributed by atoms with Crippen LogP contribution in [0.3, 0.4) is 0 Å². The molecule has 4 rings (SSSR count). The van der Waals surface area contributed by atoms with Gasteiger partial charge in [0.05, 0.1) is 10.9 Å². The summed E-state index contributed by atoms with van der Waals surface area (Å²) in [4.78, 5) is 30.6. The number of nitrogens with zero attached hydrogens (tertiary/aromatic N) is 2. The van der Waals surface area contributed by atoms with Crippen molar-refractivity contribution in [1.82, 2.24) is 20.2 Å². The molecule has 2 aromatic rings. The predicted octanol–water partition coefficient (Wildman–Crippen LogP) is 3.16. The van der Waals surface area contributed by atoms with E-state index in [4.69, 9.17) is 4.98 Å². The smallest absolute Gasteiger partial charge is 0.261 e. The van der Waals surface area contributed by atoms with Crippen LogP contribution in [0.2, 0.25) is 0 Å². The number of benzene rings is 1. The topological polar surface area (TPSA) is 76.0 Å². The zero-order chi connectivity index (χ0) is 20.8. The van der Waals surface area contributed by atoms with Crippen LogP contribution in [0.5, 0.6) is 0 Å². The average molecular weight is 397 g/mol. The fourth-order valence-corrected chi connectivity index (χ4v) is 5.25. The molecule has 0 saturated carbocycles. The minimum absolute atomic E-state index is 0.0145. The van der Waals surface area contributed by atoms with E-state index in [2.05, 4.69) is 38.3 Å². The first-order chi connectivity index (χ1) is 13.6. The summed E-state index contributed by atoms with van der Waals surface area (Å²) in [5, 5.41) is 7.44. The standard InChI is InChI=1S/C23H32N4O2/c1-22(2)13-16(14-23(3,4)26-22)24-20(28)15-9-10-17-18(12-15)25-19-8-6-5-7-11-27(19)21(17)29/h9-10,12,16,26H,5-8,11,13-14H2,1-4H3,(H,24,28). The number of amides is 1. The van der Waals surface area contributed by atoms with Crippen LogP contribution in [0, 0.1) is 0 Å². The minimum atomic E-state index is -0.0951. The normalized spacial score (nSPS) is 21.4. The lowest BCUT2D eigenvalue weighted by molar-refractivity contribution is 0.0873. The van der Waals surface area contributed by atoms with Crippen LogP contribution in [0.15, 0.2) is 23.0 Å². The molecule has 0 aliphatic carbocycles. The Kier molecular flexibility index (Phi) is 5.01. The molecule has 0 unspecified atom stereocenters. The van der Waals surface area contributed by atoms with E-state index >= 15 is 0 Å². The predicted molar refractivity (Wildman–Crippen MR) is 115 cm³/mol. The number of hydrogen-bond donors (Lipinski definition) is 2. The maximum Gasteiger partial charge on any atom is 0.261 e. The SMILES string of the molecule is CC1(C)CC(NC(=O)c2ccc3c(=O)n4c(nc3c2)CCCCC4)CC(C)(C)N1. The number of nitrogens with one attached hydrogen (secondary N) is 2. The first-order valence-corrected chi connectivity index (χ1v) is 10.8. The molecule has 0 bridgehead atoms. The number of fused-ring (bicyclic) bond motifs is 2. The van der Waals surface area contributed by atoms with Crippen LogP contribution in [-0.4, -0.2) is 32.6 Å². The van der Waals surface area contributed by atoms with Crippen LogP contribution >= 0.6 is 0 Å². The largest absolute Gasteiger partial charge is 0.349 e. The Morgan fingerprint density at radius 1 is 1.14 bits per heavy atom. The third kappa shape index (κ3) is 4.22. The highest BCUT2D eigenvalue weighted by Crippen LogP contribution is 2.28. The Bertz CT molecular complexity index is 990. The lowest BCUT2D eigenvalue weighted by Gasteiger charge is -2.46. The molecule has 1 aromatic heterocycles. The number of rotatable bonds is 2. The van der Waals surface area contributed by atoms with Crippen LogP contribution in [0.1, 0.15) is 76.0 Å². The summed E-state index contributed by atoms with van der Waals surface area (Å²) in [6.45, 7) is 9.43. The van der Waals surface area contributed by atoms with Gasteiger partial charge in [-0.1, -0.05) is 6.42 Å². The molecule has 1 saturated heterocycles. The molecule has 1 fully saturated rings. The Morgan fingerprint density at radius 3 is 2.59 bits per heavy atom. The van der Waals surface area contributed by atoms with E-state index in [1.54, 1.807) is 18.2 Å². The lowest BCUT2D eigenvalue weighted by atomic mass is 9.79. The van der Waals surface area contributed by atoms with Crippen molar-refractivity contribution in [3.63, 3.8) is 0 Å². The lowest BCUT2D eigenvalue weighted by Crippen LogP contribution is -2.62. The van der Waals surface area contributed by atoms with E-state index in [0.29, 0.717) is 16.5 Å². The number of aryl methyl sites for hydroxylation is 1. The van der Waals surface area contributed by atoms with Gasteiger partial charge in [0.2, 0.25) is 0 Å². The van der Waals surface area contributed by atoms with Crippen molar-refractivity contribution >= 4 is 16.8 Å². The number of piperidine rings is 1. The van der Waals surface area contributed by atoms with Crippen LogP contribution in [-0.2, 0) is 13.0 Å².